The second kappa shape index (κ2) is 6.78. The van der Waals surface area contributed by atoms with Crippen LogP contribution in [0.25, 0.3) is 0 Å². The van der Waals surface area contributed by atoms with Crippen LogP contribution in [0.1, 0.15) is 11.8 Å². The zero-order chi connectivity index (χ0) is 16.3. The Balaban J connectivity index is 2.18. The lowest BCUT2D eigenvalue weighted by atomic mass is 10.2. The molecule has 0 bridgehead atoms. The van der Waals surface area contributed by atoms with Gasteiger partial charge in [-0.25, -0.2) is 17.5 Å². The van der Waals surface area contributed by atoms with Gasteiger partial charge in [0, 0.05) is 6.54 Å². The second-order valence-electron chi connectivity index (χ2n) is 4.92. The van der Waals surface area contributed by atoms with Crippen LogP contribution >= 0.6 is 11.6 Å². The molecule has 22 heavy (non-hydrogen) atoms. The standard InChI is InChI=1S/C14H16ClFN2O3S/c1-18(2)12(13-4-3-7-21-13)9-17-22(19,20)14-6-5-10(16)8-11(14)15/h3-8,12,17H,9H2,1-2H3. The van der Waals surface area contributed by atoms with Crippen molar-refractivity contribution in [2.45, 2.75) is 10.9 Å². The third-order valence-corrected chi connectivity index (χ3v) is 5.05. The van der Waals surface area contributed by atoms with E-state index < -0.39 is 15.8 Å². The molecule has 1 aromatic heterocycles. The zero-order valence-corrected chi connectivity index (χ0v) is 13.7. The number of benzene rings is 1. The average molecular weight is 347 g/mol. The highest BCUT2D eigenvalue weighted by Gasteiger charge is 2.23. The zero-order valence-electron chi connectivity index (χ0n) is 12.1. The Bertz CT molecular complexity index is 733. The Hall–Kier alpha value is -1.41. The largest absolute Gasteiger partial charge is 0.468 e. The number of nitrogens with zero attached hydrogens (tertiary/aromatic N) is 1. The van der Waals surface area contributed by atoms with E-state index >= 15 is 0 Å². The van der Waals surface area contributed by atoms with E-state index in [9.17, 15) is 12.8 Å². The third kappa shape index (κ3) is 3.86. The van der Waals surface area contributed by atoms with Gasteiger partial charge in [-0.1, -0.05) is 11.6 Å². The molecule has 0 spiro atoms. The van der Waals surface area contributed by atoms with E-state index in [0.717, 1.165) is 18.2 Å². The average Bonchev–Trinajstić information content (AvgIpc) is 2.91. The van der Waals surface area contributed by atoms with Crippen LogP contribution in [0.2, 0.25) is 5.02 Å². The second-order valence-corrected chi connectivity index (χ2v) is 7.06. The normalized spacial score (nSPS) is 13.5. The molecule has 0 saturated carbocycles. The minimum absolute atomic E-state index is 0.0938. The molecule has 1 aromatic carbocycles. The van der Waals surface area contributed by atoms with Gasteiger partial charge in [-0.2, -0.15) is 0 Å². The molecule has 2 aromatic rings. The lowest BCUT2D eigenvalue weighted by molar-refractivity contribution is 0.259. The van der Waals surface area contributed by atoms with E-state index in [1.54, 1.807) is 12.1 Å². The highest BCUT2D eigenvalue weighted by atomic mass is 35.5. The number of hydrogen-bond donors (Lipinski definition) is 1. The van der Waals surface area contributed by atoms with Crippen LogP contribution in [0, 0.1) is 5.82 Å². The Kier molecular flexibility index (Phi) is 5.23. The smallest absolute Gasteiger partial charge is 0.242 e. The van der Waals surface area contributed by atoms with Gasteiger partial charge in [-0.15, -0.1) is 0 Å². The van der Waals surface area contributed by atoms with E-state index in [4.69, 9.17) is 16.0 Å². The molecule has 0 saturated heterocycles. The molecule has 1 heterocycles. The van der Waals surface area contributed by atoms with E-state index in [1.807, 2.05) is 19.0 Å². The molecular formula is C14H16ClFN2O3S. The van der Waals surface area contributed by atoms with E-state index in [0.29, 0.717) is 5.76 Å². The summed E-state index contributed by atoms with van der Waals surface area (Å²) in [5.74, 6) is 0.0450. The summed E-state index contributed by atoms with van der Waals surface area (Å²) in [6, 6.07) is 6.38. The first-order valence-corrected chi connectivity index (χ1v) is 8.32. The monoisotopic (exact) mass is 346 g/mol. The predicted octanol–water partition coefficient (Wildman–Crippen LogP) is 2.65. The van der Waals surface area contributed by atoms with E-state index in [-0.39, 0.29) is 22.5 Å². The lowest BCUT2D eigenvalue weighted by Gasteiger charge is -2.22. The lowest BCUT2D eigenvalue weighted by Crippen LogP contribution is -2.34. The minimum atomic E-state index is -3.84. The van der Waals surface area contributed by atoms with Crippen molar-refractivity contribution in [3.8, 4) is 0 Å². The SMILES string of the molecule is CN(C)C(CNS(=O)(=O)c1ccc(F)cc1Cl)c1ccco1. The Morgan fingerprint density at radius 3 is 2.64 bits per heavy atom. The van der Waals surface area contributed by atoms with Crippen LogP contribution < -0.4 is 4.72 Å². The van der Waals surface area contributed by atoms with Gasteiger partial charge in [-0.05, 0) is 44.4 Å². The minimum Gasteiger partial charge on any atom is -0.468 e. The molecule has 0 aliphatic carbocycles. The van der Waals surface area contributed by atoms with Crippen molar-refractivity contribution in [2.75, 3.05) is 20.6 Å². The van der Waals surface area contributed by atoms with Crippen molar-refractivity contribution >= 4 is 21.6 Å². The quantitative estimate of drug-likeness (QED) is 0.873. The van der Waals surface area contributed by atoms with Gasteiger partial charge in [0.15, 0.2) is 0 Å². The molecule has 1 unspecified atom stereocenters. The fourth-order valence-electron chi connectivity index (χ4n) is 1.98. The molecule has 5 nitrogen and oxygen atoms in total. The van der Waals surface area contributed by atoms with Crippen LogP contribution in [0.4, 0.5) is 4.39 Å². The van der Waals surface area contributed by atoms with Gasteiger partial charge in [0.05, 0.1) is 17.3 Å². The molecule has 0 fully saturated rings. The Labute approximate surface area is 133 Å². The first-order chi connectivity index (χ1) is 10.3. The van der Waals surface area contributed by atoms with Gasteiger partial charge in [0.25, 0.3) is 0 Å². The Morgan fingerprint density at radius 1 is 1.36 bits per heavy atom. The fraction of sp³-hybridized carbons (Fsp3) is 0.286. The van der Waals surface area contributed by atoms with E-state index in [1.165, 1.54) is 6.26 Å². The van der Waals surface area contributed by atoms with Crippen molar-refractivity contribution in [1.29, 1.82) is 0 Å². The summed E-state index contributed by atoms with van der Waals surface area (Å²) in [4.78, 5) is 1.67. The van der Waals surface area contributed by atoms with Gasteiger partial charge < -0.3 is 4.42 Å². The Morgan fingerprint density at radius 2 is 2.09 bits per heavy atom. The number of hydrogen-bond acceptors (Lipinski definition) is 4. The molecule has 0 aliphatic heterocycles. The van der Waals surface area contributed by atoms with Gasteiger partial charge in [0.1, 0.15) is 16.5 Å². The number of nitrogens with one attached hydrogen (secondary N) is 1. The summed E-state index contributed by atoms with van der Waals surface area (Å²) in [5.41, 5.74) is 0. The summed E-state index contributed by atoms with van der Waals surface area (Å²) in [6.07, 6.45) is 1.52. The molecule has 0 amide bonds. The number of likely N-dealkylation sites (N-methyl/N-ethyl adjacent to an activating group) is 1. The fourth-order valence-corrected chi connectivity index (χ4v) is 3.55. The van der Waals surface area contributed by atoms with Crippen LogP contribution in [0.3, 0.4) is 0 Å². The summed E-state index contributed by atoms with van der Waals surface area (Å²) in [5, 5.41) is -0.160. The summed E-state index contributed by atoms with van der Waals surface area (Å²) in [7, 11) is -0.221. The molecule has 1 atom stereocenters. The highest BCUT2D eigenvalue weighted by Crippen LogP contribution is 2.23. The number of halogens is 2. The van der Waals surface area contributed by atoms with Crippen LogP contribution in [0.5, 0.6) is 0 Å². The maximum absolute atomic E-state index is 13.0. The first-order valence-electron chi connectivity index (χ1n) is 6.46. The maximum atomic E-state index is 13.0. The summed E-state index contributed by atoms with van der Waals surface area (Å²) >= 11 is 5.80. The molecule has 2 rings (SSSR count). The van der Waals surface area contributed by atoms with Gasteiger partial charge >= 0.3 is 0 Å². The molecular weight excluding hydrogens is 331 g/mol. The van der Waals surface area contributed by atoms with Crippen molar-refractivity contribution in [1.82, 2.24) is 9.62 Å². The van der Waals surface area contributed by atoms with Crippen LogP contribution in [-0.2, 0) is 10.0 Å². The third-order valence-electron chi connectivity index (χ3n) is 3.15. The summed E-state index contributed by atoms with van der Waals surface area (Å²) < 4.78 is 45.4. The molecule has 8 heteroatoms. The molecule has 0 aliphatic rings. The van der Waals surface area contributed by atoms with Crippen molar-refractivity contribution in [3.63, 3.8) is 0 Å². The number of sulfonamides is 1. The maximum Gasteiger partial charge on any atom is 0.242 e. The van der Waals surface area contributed by atoms with Gasteiger partial charge in [0.2, 0.25) is 10.0 Å². The van der Waals surface area contributed by atoms with Crippen LogP contribution in [-0.4, -0.2) is 34.0 Å². The van der Waals surface area contributed by atoms with E-state index in [2.05, 4.69) is 4.72 Å². The van der Waals surface area contributed by atoms with Crippen molar-refractivity contribution in [3.05, 3.63) is 53.2 Å². The highest BCUT2D eigenvalue weighted by molar-refractivity contribution is 7.89. The molecule has 120 valence electrons. The number of furan rings is 1. The van der Waals surface area contributed by atoms with Crippen molar-refractivity contribution in [2.24, 2.45) is 0 Å². The number of rotatable bonds is 6. The van der Waals surface area contributed by atoms with Crippen LogP contribution in [0.15, 0.2) is 45.9 Å². The predicted molar refractivity (Wildman–Crippen MR) is 81.7 cm³/mol. The molecule has 1 N–H and O–H groups in total. The molecule has 0 radical (unpaired) electrons. The van der Waals surface area contributed by atoms with Crippen molar-refractivity contribution < 1.29 is 17.2 Å². The first kappa shape index (κ1) is 17.0. The summed E-state index contributed by atoms with van der Waals surface area (Å²) in [6.45, 7) is 0.0938. The van der Waals surface area contributed by atoms with Gasteiger partial charge in [-0.3, -0.25) is 4.90 Å². The topological polar surface area (TPSA) is 62.6 Å².